The highest BCUT2D eigenvalue weighted by Gasteiger charge is 2.58. The maximum atomic E-state index is 14.9. The average molecular weight is 917 g/mol. The Morgan fingerprint density at radius 1 is 0.537 bits per heavy atom. The summed E-state index contributed by atoms with van der Waals surface area (Å²) >= 11 is 0. The number of rotatable bonds is 24. The van der Waals surface area contributed by atoms with Gasteiger partial charge in [0, 0.05) is 17.6 Å². The quantitative estimate of drug-likeness (QED) is 0.0579. The average Bonchev–Trinajstić information content (AvgIpc) is 3.29. The largest absolute Gasteiger partial charge is 0.511 e. The zero-order valence-electron chi connectivity index (χ0n) is 40.1. The van der Waals surface area contributed by atoms with Crippen LogP contribution in [0.25, 0.3) is 12.2 Å². The molecule has 0 saturated heterocycles. The number of allylic oxidation sites excluding steroid dienone is 10. The standard InChI is InChI=1S/C55H64O12/c1-32(2)21-25-54(26-22-33(3)4)50(60)38(48(58)46(52(54)62)40(56)17-13-36-15-19-42(64-9)44(29-36)66-11)31-39-49(59)47(41(57)18-14-37-16-20-43(65-10)45(30-37)67-12)53(63)55(51(39)61,27-23-34(5)6)28-24-35(7)8/h13-20,29-30,46-47,60-61H,1,3,5,7,21-28,31H2,2,4,6,8-12H3. The molecule has 0 aromatic heterocycles. The molecule has 0 bridgehead atoms. The topological polar surface area (TPSA) is 180 Å². The fraction of sp³-hybridized carbons (Fsp3) is 0.382. The van der Waals surface area contributed by atoms with Crippen molar-refractivity contribution >= 4 is 46.9 Å². The predicted molar refractivity (Wildman–Crippen MR) is 259 cm³/mol. The summed E-state index contributed by atoms with van der Waals surface area (Å²) in [6.07, 6.45) is 4.87. The van der Waals surface area contributed by atoms with Gasteiger partial charge >= 0.3 is 0 Å². The van der Waals surface area contributed by atoms with Crippen LogP contribution in [0.2, 0.25) is 0 Å². The SMILES string of the molecule is C=C(C)CCC1(CCC(=C)C)C(=O)C(C(=O)C=Cc2ccc(OC)c(OC)c2)C(=O)C(CC2=C(O)C(CCC(=C)C)(CCC(=C)C)C(=O)C(C(=O)C=Cc3ccc(OC)c(OC)c3)C2=O)=C1O. The summed E-state index contributed by atoms with van der Waals surface area (Å²) in [4.78, 5) is 88.4. The smallest absolute Gasteiger partial charge is 0.180 e. The summed E-state index contributed by atoms with van der Waals surface area (Å²) in [5, 5.41) is 25.0. The van der Waals surface area contributed by atoms with E-state index in [-0.39, 0.29) is 51.4 Å². The summed E-state index contributed by atoms with van der Waals surface area (Å²) in [5.41, 5.74) is -0.991. The van der Waals surface area contributed by atoms with Crippen LogP contribution in [0, 0.1) is 22.7 Å². The van der Waals surface area contributed by atoms with Crippen molar-refractivity contribution in [1.82, 2.24) is 0 Å². The van der Waals surface area contributed by atoms with E-state index in [0.29, 0.717) is 56.4 Å². The van der Waals surface area contributed by atoms with Crippen LogP contribution in [0.15, 0.2) is 120 Å². The van der Waals surface area contributed by atoms with Crippen molar-refractivity contribution in [2.24, 2.45) is 22.7 Å². The van der Waals surface area contributed by atoms with Crippen LogP contribution in [0.4, 0.5) is 0 Å². The van der Waals surface area contributed by atoms with Crippen LogP contribution in [0.3, 0.4) is 0 Å². The van der Waals surface area contributed by atoms with Gasteiger partial charge in [-0.2, -0.15) is 0 Å². The lowest BCUT2D eigenvalue weighted by Gasteiger charge is -2.41. The van der Waals surface area contributed by atoms with E-state index < -0.39 is 86.5 Å². The fourth-order valence-electron chi connectivity index (χ4n) is 8.60. The maximum absolute atomic E-state index is 14.9. The third kappa shape index (κ3) is 11.6. The number of Topliss-reactive ketones (excluding diaryl/α,β-unsaturated/α-hetero) is 4. The van der Waals surface area contributed by atoms with Gasteiger partial charge in [0.05, 0.1) is 39.3 Å². The van der Waals surface area contributed by atoms with E-state index in [1.807, 2.05) is 0 Å². The molecule has 0 radical (unpaired) electrons. The van der Waals surface area contributed by atoms with Gasteiger partial charge < -0.3 is 29.2 Å². The van der Waals surface area contributed by atoms with Crippen molar-refractivity contribution in [2.45, 2.75) is 85.5 Å². The second-order valence-electron chi connectivity index (χ2n) is 17.8. The minimum Gasteiger partial charge on any atom is -0.511 e. The maximum Gasteiger partial charge on any atom is 0.180 e. The Balaban J connectivity index is 1.99. The van der Waals surface area contributed by atoms with Gasteiger partial charge in [-0.25, -0.2) is 0 Å². The monoisotopic (exact) mass is 916 g/mol. The summed E-state index contributed by atoms with van der Waals surface area (Å²) < 4.78 is 21.5. The molecule has 67 heavy (non-hydrogen) atoms. The van der Waals surface area contributed by atoms with Crippen LogP contribution in [-0.2, 0) is 28.8 Å². The minimum atomic E-state index is -1.97. The van der Waals surface area contributed by atoms with E-state index in [9.17, 15) is 39.0 Å². The highest BCUT2D eigenvalue weighted by atomic mass is 16.5. The second-order valence-corrected chi connectivity index (χ2v) is 17.8. The Kier molecular flexibility index (Phi) is 17.8. The number of benzene rings is 2. The van der Waals surface area contributed by atoms with Gasteiger partial charge in [-0.15, -0.1) is 26.3 Å². The van der Waals surface area contributed by atoms with Crippen molar-refractivity contribution < 1.29 is 57.9 Å². The van der Waals surface area contributed by atoms with Crippen LogP contribution in [0.5, 0.6) is 23.0 Å². The highest BCUT2D eigenvalue weighted by Crippen LogP contribution is 2.51. The molecule has 0 fully saturated rings. The van der Waals surface area contributed by atoms with Gasteiger partial charge in [0.1, 0.15) is 23.4 Å². The summed E-state index contributed by atoms with van der Waals surface area (Å²) in [6.45, 7) is 23.0. The number of hydrogen-bond donors (Lipinski definition) is 2. The lowest BCUT2D eigenvalue weighted by molar-refractivity contribution is -0.146. The molecule has 2 unspecified atom stereocenters. The van der Waals surface area contributed by atoms with Crippen molar-refractivity contribution in [1.29, 1.82) is 0 Å². The molecule has 0 heterocycles. The summed E-state index contributed by atoms with van der Waals surface area (Å²) in [5.74, 6) is -9.27. The third-order valence-corrected chi connectivity index (χ3v) is 12.6. The van der Waals surface area contributed by atoms with Gasteiger partial charge in [-0.1, -0.05) is 46.6 Å². The molecular weight excluding hydrogens is 853 g/mol. The summed E-state index contributed by atoms with van der Waals surface area (Å²) in [7, 11) is 5.85. The molecule has 12 nitrogen and oxygen atoms in total. The van der Waals surface area contributed by atoms with Crippen LogP contribution in [-0.4, -0.2) is 73.4 Å². The van der Waals surface area contributed by atoms with Crippen molar-refractivity contribution in [2.75, 3.05) is 28.4 Å². The highest BCUT2D eigenvalue weighted by molar-refractivity contribution is 6.33. The third-order valence-electron chi connectivity index (χ3n) is 12.6. The van der Waals surface area contributed by atoms with Crippen LogP contribution in [0.1, 0.15) is 96.6 Å². The minimum absolute atomic E-state index is 0.0547. The Hall–Kier alpha value is -6.82. The molecular formula is C55H64O12. The Labute approximate surface area is 394 Å². The lowest BCUT2D eigenvalue weighted by atomic mass is 9.59. The van der Waals surface area contributed by atoms with Crippen molar-refractivity contribution in [3.63, 3.8) is 0 Å². The van der Waals surface area contributed by atoms with Crippen molar-refractivity contribution in [3.05, 3.63) is 131 Å². The number of methoxy groups -OCH3 is 4. The number of ether oxygens (including phenoxy) is 4. The van der Waals surface area contributed by atoms with E-state index in [1.165, 1.54) is 40.6 Å². The first-order chi connectivity index (χ1) is 31.6. The normalized spacial score (nSPS) is 18.1. The molecule has 2 aliphatic carbocycles. The van der Waals surface area contributed by atoms with E-state index in [1.54, 1.807) is 64.1 Å². The van der Waals surface area contributed by atoms with Crippen LogP contribution >= 0.6 is 0 Å². The molecule has 0 aliphatic heterocycles. The number of hydrogen-bond acceptors (Lipinski definition) is 12. The first kappa shape index (κ1) is 52.8. The van der Waals surface area contributed by atoms with E-state index >= 15 is 0 Å². The van der Waals surface area contributed by atoms with Gasteiger partial charge in [0.25, 0.3) is 0 Å². The predicted octanol–water partition coefficient (Wildman–Crippen LogP) is 10.5. The zero-order valence-corrected chi connectivity index (χ0v) is 40.1. The molecule has 0 spiro atoms. The molecule has 356 valence electrons. The molecule has 0 amide bonds. The van der Waals surface area contributed by atoms with Gasteiger partial charge in [0.15, 0.2) is 57.7 Å². The van der Waals surface area contributed by atoms with Crippen LogP contribution < -0.4 is 18.9 Å². The second kappa shape index (κ2) is 22.6. The Morgan fingerprint density at radius 3 is 1.10 bits per heavy atom. The lowest BCUT2D eigenvalue weighted by Crippen LogP contribution is -2.51. The molecule has 2 atom stereocenters. The molecule has 2 aromatic rings. The zero-order chi connectivity index (χ0) is 50.0. The summed E-state index contributed by atoms with van der Waals surface area (Å²) in [6, 6.07) is 9.76. The number of carbonyl (C=O) groups is 6. The fourth-order valence-corrected chi connectivity index (χ4v) is 8.60. The molecule has 2 N–H and O–H groups in total. The first-order valence-electron chi connectivity index (χ1n) is 22.1. The Morgan fingerprint density at radius 2 is 0.836 bits per heavy atom. The number of aliphatic hydroxyl groups excluding tert-OH is 2. The molecule has 0 saturated carbocycles. The molecule has 12 heteroatoms. The van der Waals surface area contributed by atoms with Gasteiger partial charge in [0.2, 0.25) is 0 Å². The van der Waals surface area contributed by atoms with E-state index in [4.69, 9.17) is 18.9 Å². The molecule has 2 aliphatic rings. The number of aliphatic hydroxyl groups is 2. The number of ketones is 6. The molecule has 2 aromatic carbocycles. The molecule has 4 rings (SSSR count). The number of carbonyl (C=O) groups excluding carboxylic acids is 6. The van der Waals surface area contributed by atoms with E-state index in [2.05, 4.69) is 26.3 Å². The first-order valence-corrected chi connectivity index (χ1v) is 22.1. The van der Waals surface area contributed by atoms with Gasteiger partial charge in [-0.3, -0.25) is 28.8 Å². The van der Waals surface area contributed by atoms with E-state index in [0.717, 1.165) is 12.2 Å². The van der Waals surface area contributed by atoms with Gasteiger partial charge in [-0.05, 0) is 127 Å². The van der Waals surface area contributed by atoms with Crippen molar-refractivity contribution in [3.8, 4) is 23.0 Å². The Bertz CT molecular complexity index is 2300.